The Morgan fingerprint density at radius 3 is 1.92 bits per heavy atom. The van der Waals surface area contributed by atoms with Gasteiger partial charge in [0.1, 0.15) is 0 Å². The summed E-state index contributed by atoms with van der Waals surface area (Å²) in [5.74, 6) is 0. The average molecular weight is 158 g/mol. The van der Waals surface area contributed by atoms with Crippen LogP contribution >= 0.6 is 0 Å². The van der Waals surface area contributed by atoms with Gasteiger partial charge in [-0.05, 0) is 11.1 Å². The van der Waals surface area contributed by atoms with Crippen molar-refractivity contribution in [3.05, 3.63) is 35.4 Å². The zero-order chi connectivity index (χ0) is 7.97. The minimum atomic E-state index is 0.503. The van der Waals surface area contributed by atoms with Crippen molar-refractivity contribution in [2.75, 3.05) is 13.1 Å². The van der Waals surface area contributed by atoms with Crippen LogP contribution in [0.4, 0.5) is 0 Å². The lowest BCUT2D eigenvalue weighted by molar-refractivity contribution is 1.02. The van der Waals surface area contributed by atoms with E-state index in [9.17, 15) is 0 Å². The van der Waals surface area contributed by atoms with Gasteiger partial charge in [0.25, 0.3) is 0 Å². The lowest BCUT2D eigenvalue weighted by atomic mass is 10.1. The van der Waals surface area contributed by atoms with Gasteiger partial charge in [-0.15, -0.1) is 0 Å². The highest BCUT2D eigenvalue weighted by atomic mass is 15.1. The molecule has 0 aliphatic carbocycles. The molecule has 3 rings (SSSR count). The Morgan fingerprint density at radius 1 is 1.00 bits per heavy atom. The molecule has 2 radical (unpaired) electrons. The van der Waals surface area contributed by atoms with E-state index in [2.05, 4.69) is 34.9 Å². The Balaban J connectivity index is 1.93. The summed E-state index contributed by atoms with van der Waals surface area (Å²) >= 11 is 0. The maximum absolute atomic E-state index is 4.26. The summed E-state index contributed by atoms with van der Waals surface area (Å²) < 4.78 is 0. The number of rotatable bonds is 2. The van der Waals surface area contributed by atoms with Crippen LogP contribution in [0.25, 0.3) is 0 Å². The zero-order valence-electron chi connectivity index (χ0n) is 6.77. The van der Waals surface area contributed by atoms with E-state index in [0.717, 1.165) is 13.1 Å². The fraction of sp³-hybridized carbons (Fsp3) is 0.400. The second-order valence-corrected chi connectivity index (χ2v) is 3.43. The molecule has 0 bridgehead atoms. The van der Waals surface area contributed by atoms with Crippen molar-refractivity contribution in [1.82, 2.24) is 10.6 Å². The normalized spacial score (nSPS) is 31.7. The van der Waals surface area contributed by atoms with Gasteiger partial charge in [-0.1, -0.05) is 24.3 Å². The fourth-order valence-electron chi connectivity index (χ4n) is 1.50. The summed E-state index contributed by atoms with van der Waals surface area (Å²) in [5.41, 5.74) is 2.74. The van der Waals surface area contributed by atoms with Crippen LogP contribution in [0.2, 0.25) is 0 Å². The summed E-state index contributed by atoms with van der Waals surface area (Å²) in [6.45, 7) is 2.04. The standard InChI is InChI=1S/C10H10N2/c1-2-7(9-5-11-9)4-8(3-1)10-6-12-10/h1-4,9-10H,5-6H2. The van der Waals surface area contributed by atoms with E-state index in [1.165, 1.54) is 11.1 Å². The Kier molecular flexibility index (Phi) is 1.28. The van der Waals surface area contributed by atoms with Crippen LogP contribution in [0, 0.1) is 0 Å². The maximum Gasteiger partial charge on any atom is 0.0637 e. The first-order chi connectivity index (χ1) is 5.93. The molecular formula is C10H10N2. The van der Waals surface area contributed by atoms with Crippen LogP contribution in [0.3, 0.4) is 0 Å². The van der Waals surface area contributed by atoms with Gasteiger partial charge in [-0.3, -0.25) is 0 Å². The lowest BCUT2D eigenvalue weighted by Gasteiger charge is -1.99. The Labute approximate surface area is 72.0 Å². The first-order valence-electron chi connectivity index (χ1n) is 4.36. The molecule has 2 aliphatic rings. The highest BCUT2D eigenvalue weighted by molar-refractivity contribution is 5.32. The SMILES string of the molecule is c1cc(C2C[N]2)cc(C2C[N]2)c1. The van der Waals surface area contributed by atoms with Crippen molar-refractivity contribution >= 4 is 0 Å². The van der Waals surface area contributed by atoms with E-state index in [-0.39, 0.29) is 0 Å². The minimum Gasteiger partial charge on any atom is -0.230 e. The van der Waals surface area contributed by atoms with Crippen molar-refractivity contribution in [2.24, 2.45) is 0 Å². The second kappa shape index (κ2) is 2.31. The minimum absolute atomic E-state index is 0.503. The van der Waals surface area contributed by atoms with Crippen LogP contribution in [0.1, 0.15) is 23.2 Å². The molecule has 1 aromatic carbocycles. The molecule has 2 nitrogen and oxygen atoms in total. The summed E-state index contributed by atoms with van der Waals surface area (Å²) in [4.78, 5) is 0. The van der Waals surface area contributed by atoms with Gasteiger partial charge in [0.2, 0.25) is 0 Å². The summed E-state index contributed by atoms with van der Waals surface area (Å²) in [6, 6.07) is 9.70. The molecule has 2 fully saturated rings. The molecule has 1 aromatic rings. The van der Waals surface area contributed by atoms with E-state index in [1.807, 2.05) is 0 Å². The molecule has 2 heterocycles. The topological polar surface area (TPSA) is 28.2 Å². The highest BCUT2D eigenvalue weighted by Crippen LogP contribution is 2.29. The highest BCUT2D eigenvalue weighted by Gasteiger charge is 2.28. The lowest BCUT2D eigenvalue weighted by Crippen LogP contribution is -1.86. The van der Waals surface area contributed by atoms with Crippen LogP contribution in [-0.4, -0.2) is 13.1 Å². The van der Waals surface area contributed by atoms with E-state index in [1.54, 1.807) is 0 Å². The average Bonchev–Trinajstić information content (AvgIpc) is 2.98. The molecule has 0 amide bonds. The first kappa shape index (κ1) is 6.63. The van der Waals surface area contributed by atoms with Crippen LogP contribution in [0.15, 0.2) is 24.3 Å². The molecule has 12 heavy (non-hydrogen) atoms. The Bertz CT molecular complexity index is 273. The maximum atomic E-state index is 4.26. The smallest absolute Gasteiger partial charge is 0.0637 e. The molecule has 2 aliphatic heterocycles. The van der Waals surface area contributed by atoms with Gasteiger partial charge in [-0.25, -0.2) is 10.6 Å². The van der Waals surface area contributed by atoms with Gasteiger partial charge in [0.05, 0.1) is 12.1 Å². The summed E-state index contributed by atoms with van der Waals surface area (Å²) in [5, 5.41) is 8.53. The van der Waals surface area contributed by atoms with Crippen LogP contribution in [0.5, 0.6) is 0 Å². The van der Waals surface area contributed by atoms with Gasteiger partial charge in [0.15, 0.2) is 0 Å². The molecule has 2 heteroatoms. The molecule has 60 valence electrons. The monoisotopic (exact) mass is 158 g/mol. The summed E-state index contributed by atoms with van der Waals surface area (Å²) in [7, 11) is 0. The van der Waals surface area contributed by atoms with E-state index in [0.29, 0.717) is 12.1 Å². The first-order valence-corrected chi connectivity index (χ1v) is 4.36. The molecular weight excluding hydrogens is 148 g/mol. The molecule has 2 saturated heterocycles. The van der Waals surface area contributed by atoms with E-state index in [4.69, 9.17) is 0 Å². The van der Waals surface area contributed by atoms with Crippen molar-refractivity contribution in [2.45, 2.75) is 12.1 Å². The summed E-state index contributed by atoms with van der Waals surface area (Å²) in [6.07, 6.45) is 0. The van der Waals surface area contributed by atoms with Gasteiger partial charge in [-0.2, -0.15) is 0 Å². The van der Waals surface area contributed by atoms with Crippen molar-refractivity contribution in [3.8, 4) is 0 Å². The molecule has 0 saturated carbocycles. The quantitative estimate of drug-likeness (QED) is 0.574. The van der Waals surface area contributed by atoms with Crippen molar-refractivity contribution in [3.63, 3.8) is 0 Å². The molecule has 0 spiro atoms. The van der Waals surface area contributed by atoms with Gasteiger partial charge >= 0.3 is 0 Å². The third kappa shape index (κ3) is 1.13. The molecule has 2 atom stereocenters. The Hall–Kier alpha value is -0.860. The number of hydrogen-bond acceptors (Lipinski definition) is 0. The zero-order valence-corrected chi connectivity index (χ0v) is 6.77. The van der Waals surface area contributed by atoms with Gasteiger partial charge < -0.3 is 0 Å². The van der Waals surface area contributed by atoms with Gasteiger partial charge in [0, 0.05) is 13.1 Å². The molecule has 0 N–H and O–H groups in total. The van der Waals surface area contributed by atoms with Crippen molar-refractivity contribution < 1.29 is 0 Å². The fourth-order valence-corrected chi connectivity index (χ4v) is 1.50. The number of nitrogens with zero attached hydrogens (tertiary/aromatic N) is 2. The number of hydrogen-bond donors (Lipinski definition) is 0. The predicted molar refractivity (Wildman–Crippen MR) is 45.9 cm³/mol. The second-order valence-electron chi connectivity index (χ2n) is 3.43. The van der Waals surface area contributed by atoms with E-state index < -0.39 is 0 Å². The predicted octanol–water partition coefficient (Wildman–Crippen LogP) is 1.00. The van der Waals surface area contributed by atoms with E-state index >= 15 is 0 Å². The largest absolute Gasteiger partial charge is 0.230 e. The molecule has 0 aromatic heterocycles. The number of benzene rings is 1. The van der Waals surface area contributed by atoms with Crippen LogP contribution in [-0.2, 0) is 0 Å². The van der Waals surface area contributed by atoms with Crippen LogP contribution < -0.4 is 10.6 Å². The third-order valence-corrected chi connectivity index (χ3v) is 2.41. The molecule has 2 unspecified atom stereocenters. The Morgan fingerprint density at radius 2 is 1.50 bits per heavy atom. The third-order valence-electron chi connectivity index (χ3n) is 2.41. The van der Waals surface area contributed by atoms with Crippen molar-refractivity contribution in [1.29, 1.82) is 0 Å².